The van der Waals surface area contributed by atoms with Gasteiger partial charge in [0.15, 0.2) is 0 Å². The Kier molecular flexibility index (Phi) is 4.79. The Morgan fingerprint density at radius 3 is 2.79 bits per heavy atom. The lowest BCUT2D eigenvalue weighted by Gasteiger charge is -2.15. The molecule has 0 radical (unpaired) electrons. The van der Waals surface area contributed by atoms with Crippen LogP contribution in [0.3, 0.4) is 0 Å². The van der Waals surface area contributed by atoms with Gasteiger partial charge < -0.3 is 9.47 Å². The van der Waals surface area contributed by atoms with Gasteiger partial charge in [-0.15, -0.1) is 0 Å². The molecule has 1 aliphatic heterocycles. The van der Waals surface area contributed by atoms with E-state index in [1.165, 1.54) is 0 Å². The molecule has 1 aromatic rings. The molecule has 0 fully saturated rings. The van der Waals surface area contributed by atoms with E-state index in [0.29, 0.717) is 6.61 Å². The second kappa shape index (κ2) is 6.01. The van der Waals surface area contributed by atoms with E-state index in [1.807, 2.05) is 12.1 Å². The molecular weight excluding hydrogens is 393 g/mol. The second-order valence-corrected chi connectivity index (χ2v) is 6.20. The number of hydrogen-bond donors (Lipinski definition) is 0. The van der Waals surface area contributed by atoms with Crippen LogP contribution in [0, 0.1) is 0 Å². The Labute approximate surface area is 125 Å². The smallest absolute Gasteiger partial charge is 0.411 e. The lowest BCUT2D eigenvalue weighted by atomic mass is 10.1. The second-order valence-electron chi connectivity index (χ2n) is 4.18. The first-order valence-corrected chi connectivity index (χ1v) is 7.31. The van der Waals surface area contributed by atoms with Gasteiger partial charge in [-0.3, -0.25) is 0 Å². The molecule has 1 atom stereocenters. The van der Waals surface area contributed by atoms with E-state index >= 15 is 0 Å². The molecule has 106 valence electrons. The van der Waals surface area contributed by atoms with Crippen LogP contribution in [0.2, 0.25) is 0 Å². The Morgan fingerprint density at radius 2 is 2.11 bits per heavy atom. The highest BCUT2D eigenvalue weighted by atomic mass is 79.9. The van der Waals surface area contributed by atoms with E-state index in [2.05, 4.69) is 36.6 Å². The minimum Gasteiger partial charge on any atom is -0.493 e. The molecule has 0 bridgehead atoms. The molecule has 1 unspecified atom stereocenters. The first-order valence-electron chi connectivity index (χ1n) is 5.60. The molecule has 1 aliphatic rings. The minimum atomic E-state index is -4.30. The number of fused-ring (bicyclic) bond motifs is 1. The fourth-order valence-electron chi connectivity index (χ4n) is 1.90. The van der Waals surface area contributed by atoms with Crippen LogP contribution in [0.5, 0.6) is 5.75 Å². The fourth-order valence-corrected chi connectivity index (χ4v) is 2.95. The zero-order chi connectivity index (χ0) is 14.0. The average molecular weight is 404 g/mol. The van der Waals surface area contributed by atoms with Crippen LogP contribution >= 0.6 is 31.9 Å². The highest BCUT2D eigenvalue weighted by molar-refractivity contribution is 9.10. The van der Waals surface area contributed by atoms with Crippen molar-refractivity contribution in [3.8, 4) is 5.75 Å². The third-order valence-electron chi connectivity index (χ3n) is 2.64. The molecule has 0 aromatic heterocycles. The van der Waals surface area contributed by atoms with Crippen LogP contribution in [0.1, 0.15) is 16.0 Å². The van der Waals surface area contributed by atoms with Crippen molar-refractivity contribution < 1.29 is 22.6 Å². The number of hydrogen-bond acceptors (Lipinski definition) is 2. The molecule has 2 rings (SSSR count). The summed E-state index contributed by atoms with van der Waals surface area (Å²) in [6, 6.07) is 3.79. The normalized spacial score (nSPS) is 16.1. The standard InChI is InChI=1S/C12H11Br2F3O2/c13-8-3-7-1-2-19-11(7)9(4-8)10(14)5-18-6-12(15,16)17/h3-4,10H,1-2,5-6H2. The molecule has 0 saturated heterocycles. The van der Waals surface area contributed by atoms with E-state index in [9.17, 15) is 13.2 Å². The zero-order valence-electron chi connectivity index (χ0n) is 9.77. The van der Waals surface area contributed by atoms with Crippen molar-refractivity contribution in [1.29, 1.82) is 0 Å². The van der Waals surface area contributed by atoms with Gasteiger partial charge in [0.1, 0.15) is 12.4 Å². The molecule has 2 nitrogen and oxygen atoms in total. The Morgan fingerprint density at radius 1 is 1.37 bits per heavy atom. The maximum absolute atomic E-state index is 12.0. The molecular formula is C12H11Br2F3O2. The largest absolute Gasteiger partial charge is 0.493 e. The predicted molar refractivity (Wildman–Crippen MR) is 71.9 cm³/mol. The summed E-state index contributed by atoms with van der Waals surface area (Å²) in [5.74, 6) is 0.751. The van der Waals surface area contributed by atoms with Crippen molar-refractivity contribution in [2.24, 2.45) is 0 Å². The predicted octanol–water partition coefficient (Wildman–Crippen LogP) is 4.40. The number of rotatable bonds is 4. The first-order chi connectivity index (χ1) is 8.87. The third-order valence-corrected chi connectivity index (χ3v) is 3.86. The highest BCUT2D eigenvalue weighted by Crippen LogP contribution is 2.39. The molecule has 19 heavy (non-hydrogen) atoms. The van der Waals surface area contributed by atoms with Crippen LogP contribution in [0.25, 0.3) is 0 Å². The monoisotopic (exact) mass is 402 g/mol. The van der Waals surface area contributed by atoms with Gasteiger partial charge in [0.2, 0.25) is 0 Å². The van der Waals surface area contributed by atoms with Gasteiger partial charge in [-0.25, -0.2) is 0 Å². The summed E-state index contributed by atoms with van der Waals surface area (Å²) in [6.07, 6.45) is -3.49. The van der Waals surface area contributed by atoms with E-state index in [4.69, 9.17) is 4.74 Å². The summed E-state index contributed by atoms with van der Waals surface area (Å²) in [6.45, 7) is -0.709. The summed E-state index contributed by atoms with van der Waals surface area (Å²) in [5.41, 5.74) is 1.87. The van der Waals surface area contributed by atoms with Crippen molar-refractivity contribution >= 4 is 31.9 Å². The molecule has 0 amide bonds. The van der Waals surface area contributed by atoms with Crippen molar-refractivity contribution in [1.82, 2.24) is 0 Å². The van der Waals surface area contributed by atoms with E-state index in [-0.39, 0.29) is 11.4 Å². The lowest BCUT2D eigenvalue weighted by Crippen LogP contribution is -2.18. The van der Waals surface area contributed by atoms with Crippen molar-refractivity contribution in [3.63, 3.8) is 0 Å². The third kappa shape index (κ3) is 4.10. The Bertz CT molecular complexity index is 463. The maximum Gasteiger partial charge on any atom is 0.411 e. The van der Waals surface area contributed by atoms with Gasteiger partial charge >= 0.3 is 6.18 Å². The summed E-state index contributed by atoms with van der Waals surface area (Å²) < 4.78 is 47.1. The van der Waals surface area contributed by atoms with Crippen LogP contribution in [-0.2, 0) is 11.2 Å². The minimum absolute atomic E-state index is 0.0637. The van der Waals surface area contributed by atoms with Gasteiger partial charge in [0.25, 0.3) is 0 Å². The average Bonchev–Trinajstić information content (AvgIpc) is 2.73. The molecule has 7 heteroatoms. The molecule has 1 aromatic carbocycles. The van der Waals surface area contributed by atoms with Crippen molar-refractivity contribution in [2.75, 3.05) is 19.8 Å². The zero-order valence-corrected chi connectivity index (χ0v) is 12.9. The quantitative estimate of drug-likeness (QED) is 0.693. The van der Waals surface area contributed by atoms with Gasteiger partial charge in [-0.1, -0.05) is 31.9 Å². The summed E-state index contributed by atoms with van der Waals surface area (Å²) >= 11 is 6.74. The van der Waals surface area contributed by atoms with Gasteiger partial charge in [-0.05, 0) is 17.7 Å². The molecule has 0 spiro atoms. The van der Waals surface area contributed by atoms with E-state index in [1.54, 1.807) is 0 Å². The number of halogens is 5. The van der Waals surface area contributed by atoms with E-state index in [0.717, 1.165) is 27.8 Å². The molecule has 0 N–H and O–H groups in total. The number of alkyl halides is 4. The Hall–Kier alpha value is -0.270. The number of benzene rings is 1. The molecule has 1 heterocycles. The summed E-state index contributed by atoms with van der Waals surface area (Å²) in [7, 11) is 0. The van der Waals surface area contributed by atoms with Crippen molar-refractivity contribution in [3.05, 3.63) is 27.7 Å². The van der Waals surface area contributed by atoms with Crippen LogP contribution in [0.15, 0.2) is 16.6 Å². The number of ether oxygens (including phenoxy) is 2. The van der Waals surface area contributed by atoms with Gasteiger partial charge in [0, 0.05) is 16.5 Å². The van der Waals surface area contributed by atoms with Crippen molar-refractivity contribution in [2.45, 2.75) is 17.4 Å². The van der Waals surface area contributed by atoms with Crippen LogP contribution in [-0.4, -0.2) is 26.0 Å². The molecule has 0 aliphatic carbocycles. The van der Waals surface area contributed by atoms with Gasteiger partial charge in [-0.2, -0.15) is 13.2 Å². The topological polar surface area (TPSA) is 18.5 Å². The fraction of sp³-hybridized carbons (Fsp3) is 0.500. The molecule has 0 saturated carbocycles. The summed E-state index contributed by atoms with van der Waals surface area (Å²) in [4.78, 5) is -0.334. The SMILES string of the molecule is FC(F)(F)COCC(Br)c1cc(Br)cc2c1OCC2. The Balaban J connectivity index is 2.05. The first kappa shape index (κ1) is 15.1. The summed E-state index contributed by atoms with van der Waals surface area (Å²) in [5, 5.41) is 0. The van der Waals surface area contributed by atoms with Crippen LogP contribution in [0.4, 0.5) is 13.2 Å². The van der Waals surface area contributed by atoms with E-state index < -0.39 is 12.8 Å². The highest BCUT2D eigenvalue weighted by Gasteiger charge is 2.28. The van der Waals surface area contributed by atoms with Crippen LogP contribution < -0.4 is 4.74 Å². The maximum atomic E-state index is 12.0. The lowest BCUT2D eigenvalue weighted by molar-refractivity contribution is -0.173. The van der Waals surface area contributed by atoms with Gasteiger partial charge in [0.05, 0.1) is 18.0 Å².